The first-order chi connectivity index (χ1) is 11.0. The highest BCUT2D eigenvalue weighted by Crippen LogP contribution is 2.36. The third-order valence-corrected chi connectivity index (χ3v) is 3.99. The average molecular weight is 379 g/mol. The first-order valence-electron chi connectivity index (χ1n) is 7.32. The highest BCUT2D eigenvalue weighted by molar-refractivity contribution is 5.94. The largest absolute Gasteiger partial charge is 0.507 e. The van der Waals surface area contributed by atoms with E-state index in [0.717, 1.165) is 22.2 Å². The molecule has 7 heteroatoms. The van der Waals surface area contributed by atoms with Crippen molar-refractivity contribution in [3.63, 3.8) is 0 Å². The maximum absolute atomic E-state index is 10.4. The number of phenolic OH excluding ortho intramolecular Hbond substituents is 1. The highest BCUT2D eigenvalue weighted by Gasteiger charge is 2.18. The summed E-state index contributed by atoms with van der Waals surface area (Å²) >= 11 is 0. The van der Waals surface area contributed by atoms with Gasteiger partial charge in [0.05, 0.1) is 16.8 Å². The Morgan fingerprint density at radius 2 is 2.00 bits per heavy atom. The number of hydrogen-bond acceptors (Lipinski definition) is 4. The normalized spacial score (nSPS) is 10.2. The third-order valence-electron chi connectivity index (χ3n) is 3.99. The van der Waals surface area contributed by atoms with Crippen LogP contribution in [0.15, 0.2) is 36.7 Å². The van der Waals surface area contributed by atoms with Gasteiger partial charge in [-0.3, -0.25) is 4.98 Å². The molecule has 1 N–H and O–H groups in total. The van der Waals surface area contributed by atoms with Crippen molar-refractivity contribution in [1.29, 1.82) is 5.26 Å². The van der Waals surface area contributed by atoms with Gasteiger partial charge in [-0.2, -0.15) is 5.26 Å². The number of rotatable bonds is 3. The third kappa shape index (κ3) is 3.72. The Morgan fingerprint density at radius 3 is 2.56 bits per heavy atom. The van der Waals surface area contributed by atoms with E-state index in [1.54, 1.807) is 18.5 Å². The van der Waals surface area contributed by atoms with Crippen LogP contribution in [0.25, 0.3) is 22.0 Å². The monoisotopic (exact) mass is 378 g/mol. The van der Waals surface area contributed by atoms with Crippen LogP contribution in [-0.4, -0.2) is 33.7 Å². The predicted molar refractivity (Wildman–Crippen MR) is 104 cm³/mol. The summed E-state index contributed by atoms with van der Waals surface area (Å²) < 4.78 is 2.02. The number of benzene rings is 1. The van der Waals surface area contributed by atoms with Crippen molar-refractivity contribution in [3.8, 4) is 22.9 Å². The maximum atomic E-state index is 10.4. The van der Waals surface area contributed by atoms with E-state index in [2.05, 4.69) is 11.1 Å². The van der Waals surface area contributed by atoms with Crippen LogP contribution in [0.1, 0.15) is 11.3 Å². The lowest BCUT2D eigenvalue weighted by Gasteiger charge is -2.11. The zero-order valence-corrected chi connectivity index (χ0v) is 15.9. The summed E-state index contributed by atoms with van der Waals surface area (Å²) in [5, 5.41) is 20.7. The summed E-state index contributed by atoms with van der Waals surface area (Å²) in [6.07, 6.45) is 3.42. The van der Waals surface area contributed by atoms with Crippen molar-refractivity contribution < 1.29 is 5.11 Å². The molecule has 0 atom stereocenters. The van der Waals surface area contributed by atoms with Crippen LogP contribution in [0.2, 0.25) is 0 Å². The Hall–Kier alpha value is -2.26. The standard InChI is InChI=1S/C18H18N4O.2ClH/c1-21(2)11-17-15(9-19)14-8-18(23)13(7-16(14)22(17)3)12-5-4-6-20-10-12;;/h4-8,10,23H,11H2,1-3H3;2*1H. The summed E-state index contributed by atoms with van der Waals surface area (Å²) in [4.78, 5) is 6.13. The van der Waals surface area contributed by atoms with Gasteiger partial charge in [0.2, 0.25) is 0 Å². The van der Waals surface area contributed by atoms with Gasteiger partial charge < -0.3 is 14.6 Å². The molecule has 0 saturated carbocycles. The molecular weight excluding hydrogens is 359 g/mol. The lowest BCUT2D eigenvalue weighted by Crippen LogP contribution is -2.14. The Morgan fingerprint density at radius 1 is 1.28 bits per heavy atom. The molecule has 0 radical (unpaired) electrons. The van der Waals surface area contributed by atoms with Gasteiger partial charge in [0.25, 0.3) is 0 Å². The van der Waals surface area contributed by atoms with Crippen LogP contribution in [0.5, 0.6) is 5.75 Å². The lowest BCUT2D eigenvalue weighted by atomic mass is 10.0. The molecule has 2 aromatic heterocycles. The highest BCUT2D eigenvalue weighted by atomic mass is 35.5. The van der Waals surface area contributed by atoms with E-state index in [0.29, 0.717) is 17.7 Å². The minimum absolute atomic E-state index is 0. The minimum Gasteiger partial charge on any atom is -0.507 e. The molecule has 0 fully saturated rings. The van der Waals surface area contributed by atoms with Gasteiger partial charge in [0.15, 0.2) is 0 Å². The van der Waals surface area contributed by atoms with Crippen LogP contribution in [0.4, 0.5) is 0 Å². The molecule has 0 saturated heterocycles. The summed E-state index contributed by atoms with van der Waals surface area (Å²) in [5.41, 5.74) is 4.04. The average Bonchev–Trinajstić information content (AvgIpc) is 2.78. The number of nitrogens with zero attached hydrogens (tertiary/aromatic N) is 4. The van der Waals surface area contributed by atoms with Crippen LogP contribution < -0.4 is 0 Å². The van der Waals surface area contributed by atoms with Gasteiger partial charge >= 0.3 is 0 Å². The molecule has 0 aliphatic heterocycles. The summed E-state index contributed by atoms with van der Waals surface area (Å²) in [5.74, 6) is 0.156. The van der Waals surface area contributed by atoms with Gasteiger partial charge in [-0.1, -0.05) is 6.07 Å². The van der Waals surface area contributed by atoms with Crippen LogP contribution in [0, 0.1) is 11.3 Å². The zero-order chi connectivity index (χ0) is 16.6. The summed E-state index contributed by atoms with van der Waals surface area (Å²) in [7, 11) is 5.89. The van der Waals surface area contributed by atoms with E-state index in [-0.39, 0.29) is 30.6 Å². The Balaban J connectivity index is 0.00000156. The number of pyridine rings is 1. The van der Waals surface area contributed by atoms with Gasteiger partial charge in [0, 0.05) is 42.5 Å². The molecule has 0 spiro atoms. The van der Waals surface area contributed by atoms with Crippen molar-refractivity contribution in [2.75, 3.05) is 14.1 Å². The number of fused-ring (bicyclic) bond motifs is 1. The first kappa shape index (κ1) is 20.8. The van der Waals surface area contributed by atoms with E-state index < -0.39 is 0 Å². The molecule has 0 aliphatic carbocycles. The number of phenols is 1. The second kappa shape index (κ2) is 8.21. The van der Waals surface area contributed by atoms with E-state index >= 15 is 0 Å². The number of aromatic hydroxyl groups is 1. The number of nitriles is 1. The van der Waals surface area contributed by atoms with Crippen LogP contribution in [-0.2, 0) is 13.6 Å². The number of hydrogen-bond donors (Lipinski definition) is 1. The molecule has 0 bridgehead atoms. The molecule has 25 heavy (non-hydrogen) atoms. The fourth-order valence-electron chi connectivity index (χ4n) is 2.89. The zero-order valence-electron chi connectivity index (χ0n) is 14.2. The molecule has 0 amide bonds. The minimum atomic E-state index is 0. The topological polar surface area (TPSA) is 65.1 Å². The molecule has 3 aromatic rings. The molecule has 1 aromatic carbocycles. The lowest BCUT2D eigenvalue weighted by molar-refractivity contribution is 0.391. The molecular formula is C18H20Cl2N4O. The Labute approximate surface area is 159 Å². The molecule has 132 valence electrons. The second-order valence-corrected chi connectivity index (χ2v) is 5.86. The fourth-order valence-corrected chi connectivity index (χ4v) is 2.89. The maximum Gasteiger partial charge on any atom is 0.124 e. The van der Waals surface area contributed by atoms with Gasteiger partial charge in [0.1, 0.15) is 11.8 Å². The summed E-state index contributed by atoms with van der Waals surface area (Å²) in [6.45, 7) is 0.664. The number of aromatic nitrogens is 2. The molecule has 0 unspecified atom stereocenters. The van der Waals surface area contributed by atoms with Gasteiger partial charge in [-0.15, -0.1) is 24.8 Å². The second-order valence-electron chi connectivity index (χ2n) is 5.86. The van der Waals surface area contributed by atoms with E-state index in [9.17, 15) is 10.4 Å². The quantitative estimate of drug-likeness (QED) is 0.753. The smallest absolute Gasteiger partial charge is 0.124 e. The van der Waals surface area contributed by atoms with Crippen molar-refractivity contribution in [2.24, 2.45) is 7.05 Å². The SMILES string of the molecule is CN(C)Cc1c(C#N)c2cc(O)c(-c3cccnc3)cc2n1C.Cl.Cl. The van der Waals surface area contributed by atoms with Crippen molar-refractivity contribution >= 4 is 35.7 Å². The molecule has 0 aliphatic rings. The number of halogens is 2. The molecule has 2 heterocycles. The van der Waals surface area contributed by atoms with Crippen molar-refractivity contribution in [3.05, 3.63) is 47.9 Å². The van der Waals surface area contributed by atoms with Crippen molar-refractivity contribution in [1.82, 2.24) is 14.5 Å². The Kier molecular flexibility index (Phi) is 6.83. The van der Waals surface area contributed by atoms with Gasteiger partial charge in [-0.05, 0) is 32.3 Å². The molecule has 5 nitrogen and oxygen atoms in total. The fraction of sp³-hybridized carbons (Fsp3) is 0.222. The first-order valence-corrected chi connectivity index (χ1v) is 7.32. The van der Waals surface area contributed by atoms with Crippen LogP contribution in [0.3, 0.4) is 0 Å². The molecule has 3 rings (SSSR count). The Bertz CT molecular complexity index is 914. The summed E-state index contributed by atoms with van der Waals surface area (Å²) in [6, 6.07) is 9.62. The van der Waals surface area contributed by atoms with E-state index in [4.69, 9.17) is 0 Å². The number of aryl methyl sites for hydroxylation is 1. The van der Waals surface area contributed by atoms with Gasteiger partial charge in [-0.25, -0.2) is 0 Å². The van der Waals surface area contributed by atoms with Crippen molar-refractivity contribution in [2.45, 2.75) is 6.54 Å². The van der Waals surface area contributed by atoms with Crippen LogP contribution >= 0.6 is 24.8 Å². The van der Waals surface area contributed by atoms with E-state index in [1.807, 2.05) is 48.8 Å². The predicted octanol–water partition coefficient (Wildman–Crippen LogP) is 3.72. The van der Waals surface area contributed by atoms with E-state index in [1.165, 1.54) is 0 Å².